The average Bonchev–Trinajstić information content (AvgIpc) is 3.12. The number of aromatic hydroxyl groups is 3. The molecule has 6 rings (SSSR count). The average molecular weight is 757 g/mol. The van der Waals surface area contributed by atoms with Crippen molar-refractivity contribution in [2.24, 2.45) is 0 Å². The number of phenolic OH excluding ortho intramolecular Hbond substituents is 3. The molecule has 3 aromatic rings. The minimum atomic E-state index is -2.01. The van der Waals surface area contributed by atoms with Crippen molar-refractivity contribution in [3.8, 4) is 40.1 Å². The van der Waals surface area contributed by atoms with E-state index in [0.29, 0.717) is 0 Å². The number of benzene rings is 2. The molecular weight excluding hydrogens is 716 g/mol. The highest BCUT2D eigenvalue weighted by molar-refractivity contribution is 5.88. The predicted octanol–water partition coefficient (Wildman–Crippen LogP) is -2.92. The maximum atomic E-state index is 14.1. The van der Waals surface area contributed by atoms with Gasteiger partial charge in [0.25, 0.3) is 0 Å². The molecule has 2 aromatic carbocycles. The van der Waals surface area contributed by atoms with Crippen LogP contribution in [0.25, 0.3) is 22.3 Å². The van der Waals surface area contributed by atoms with Crippen LogP contribution in [0, 0.1) is 0 Å². The summed E-state index contributed by atoms with van der Waals surface area (Å²) in [5, 5.41) is 114. The first-order valence-electron chi connectivity index (χ1n) is 16.3. The van der Waals surface area contributed by atoms with E-state index in [-0.39, 0.29) is 28.4 Å². The fraction of sp³-hybridized carbons (Fsp3) is 0.545. The van der Waals surface area contributed by atoms with E-state index in [1.165, 1.54) is 32.2 Å². The fourth-order valence-corrected chi connectivity index (χ4v) is 6.18. The SMILES string of the molecule is COc1cc(-c2oc3cc(O)cc(O)c3c(=O)c2O[C@@H]2O[C@@H](CO[C@@H]3O[C@H](C)[C@H](O)[C@@H](O)[C@H]3O)[C@@H](O)[C@H](O)[C@H]2O[C@@H]2OC[C@@H](O)[C@H](O)[C@@H]2O)ccc1O. The fourth-order valence-electron chi connectivity index (χ4n) is 6.18. The molecule has 3 saturated heterocycles. The Morgan fingerprint density at radius 3 is 2.21 bits per heavy atom. The Bertz CT molecular complexity index is 1820. The van der Waals surface area contributed by atoms with Crippen molar-refractivity contribution in [1.29, 1.82) is 0 Å². The first-order valence-corrected chi connectivity index (χ1v) is 16.3. The monoisotopic (exact) mass is 756 g/mol. The Morgan fingerprint density at radius 2 is 1.49 bits per heavy atom. The van der Waals surface area contributed by atoms with Gasteiger partial charge in [-0.15, -0.1) is 0 Å². The van der Waals surface area contributed by atoms with Gasteiger partial charge < -0.3 is 93.7 Å². The number of phenols is 3. The van der Waals surface area contributed by atoms with Gasteiger partial charge in [0.15, 0.2) is 35.9 Å². The number of hydrogen-bond donors (Lipinski definition) is 11. The molecule has 3 aliphatic rings. The van der Waals surface area contributed by atoms with Gasteiger partial charge in [0.2, 0.25) is 17.5 Å². The molecule has 1 aromatic heterocycles. The van der Waals surface area contributed by atoms with E-state index in [9.17, 15) is 61.0 Å². The number of methoxy groups -OCH3 is 1. The highest BCUT2D eigenvalue weighted by Gasteiger charge is 2.51. The lowest BCUT2D eigenvalue weighted by molar-refractivity contribution is -0.352. The number of hydrogen-bond acceptors (Lipinski definition) is 20. The number of aliphatic hydroxyl groups excluding tert-OH is 8. The lowest BCUT2D eigenvalue weighted by Gasteiger charge is -2.45. The molecule has 20 nitrogen and oxygen atoms in total. The van der Waals surface area contributed by atoms with E-state index in [2.05, 4.69) is 0 Å². The zero-order valence-corrected chi connectivity index (χ0v) is 28.0. The molecule has 53 heavy (non-hydrogen) atoms. The van der Waals surface area contributed by atoms with Gasteiger partial charge >= 0.3 is 0 Å². The van der Waals surface area contributed by atoms with Gasteiger partial charge in [0.1, 0.15) is 77.4 Å². The normalized spacial score (nSPS) is 36.3. The quantitative estimate of drug-likeness (QED) is 0.104. The summed E-state index contributed by atoms with van der Waals surface area (Å²) in [5.41, 5.74) is -1.30. The van der Waals surface area contributed by atoms with Gasteiger partial charge in [-0.3, -0.25) is 4.79 Å². The molecule has 0 saturated carbocycles. The third-order valence-electron chi connectivity index (χ3n) is 9.22. The summed E-state index contributed by atoms with van der Waals surface area (Å²) in [6.45, 7) is 0.210. The minimum absolute atomic E-state index is 0.0478. The third kappa shape index (κ3) is 7.47. The van der Waals surface area contributed by atoms with Gasteiger partial charge in [-0.2, -0.15) is 0 Å². The van der Waals surface area contributed by atoms with Gasteiger partial charge in [0.05, 0.1) is 26.4 Å². The van der Waals surface area contributed by atoms with Crippen molar-refractivity contribution in [3.63, 3.8) is 0 Å². The predicted molar refractivity (Wildman–Crippen MR) is 172 cm³/mol. The smallest absolute Gasteiger partial charge is 0.239 e. The molecule has 11 N–H and O–H groups in total. The van der Waals surface area contributed by atoms with Crippen LogP contribution in [0.3, 0.4) is 0 Å². The summed E-state index contributed by atoms with van der Waals surface area (Å²) in [6.07, 6.45) is -23.7. The maximum absolute atomic E-state index is 14.1. The van der Waals surface area contributed by atoms with Crippen LogP contribution in [-0.2, 0) is 23.7 Å². The molecule has 3 fully saturated rings. The van der Waals surface area contributed by atoms with E-state index in [0.717, 1.165) is 12.1 Å². The van der Waals surface area contributed by atoms with Gasteiger partial charge in [0, 0.05) is 17.7 Å². The molecule has 0 amide bonds. The second-order valence-electron chi connectivity index (χ2n) is 12.8. The largest absolute Gasteiger partial charge is 0.508 e. The van der Waals surface area contributed by atoms with Crippen LogP contribution < -0.4 is 14.9 Å². The standard InChI is InChI=1S/C33H40O20/c1-10-20(38)24(42)27(45)31(49-10)48-9-18-22(40)25(43)30(53-32-26(44)21(39)15(37)8-47-32)33(51-18)52-29-23(41)19-14(36)6-12(34)7-17(19)50-28(29)11-3-4-13(35)16(5-11)46-2/h3-7,10,15,18,20-22,24-27,30-40,42-45H,8-9H2,1-2H3/t10-,15-,18+,20+,21+,22-,24-,25+,26+,27-,30-,31-,32+,33+/m1/s1. The zero-order chi connectivity index (χ0) is 38.5. The highest BCUT2D eigenvalue weighted by atomic mass is 16.8. The number of ether oxygens (including phenoxy) is 7. The first-order chi connectivity index (χ1) is 25.1. The Morgan fingerprint density at radius 1 is 0.774 bits per heavy atom. The maximum Gasteiger partial charge on any atom is 0.239 e. The van der Waals surface area contributed by atoms with Crippen LogP contribution in [0.1, 0.15) is 6.92 Å². The second-order valence-corrected chi connectivity index (χ2v) is 12.8. The molecule has 0 bridgehead atoms. The highest BCUT2D eigenvalue weighted by Crippen LogP contribution is 2.40. The molecule has 0 spiro atoms. The van der Waals surface area contributed by atoms with Crippen molar-refractivity contribution in [1.82, 2.24) is 0 Å². The van der Waals surface area contributed by atoms with Crippen LogP contribution in [-0.4, -0.2) is 163 Å². The van der Waals surface area contributed by atoms with E-state index >= 15 is 0 Å². The van der Waals surface area contributed by atoms with Crippen LogP contribution in [0.15, 0.2) is 39.5 Å². The Labute approximate surface area is 298 Å². The lowest BCUT2D eigenvalue weighted by Crippen LogP contribution is -2.64. The van der Waals surface area contributed by atoms with E-state index in [1.54, 1.807) is 0 Å². The summed E-state index contributed by atoms with van der Waals surface area (Å²) in [5.74, 6) is -2.62. The molecule has 4 heterocycles. The van der Waals surface area contributed by atoms with Crippen LogP contribution in [0.5, 0.6) is 28.7 Å². The summed E-state index contributed by atoms with van der Waals surface area (Å²) in [4.78, 5) is 14.1. The van der Waals surface area contributed by atoms with Crippen LogP contribution >= 0.6 is 0 Å². The topological polar surface area (TPSA) is 317 Å². The van der Waals surface area contributed by atoms with Crippen molar-refractivity contribution in [3.05, 3.63) is 40.6 Å². The molecule has 0 radical (unpaired) electrons. The summed E-state index contributed by atoms with van der Waals surface area (Å²) in [6, 6.07) is 5.68. The Kier molecular flexibility index (Phi) is 11.3. The zero-order valence-electron chi connectivity index (χ0n) is 28.0. The molecule has 3 aliphatic heterocycles. The van der Waals surface area contributed by atoms with Crippen molar-refractivity contribution in [2.45, 2.75) is 92.9 Å². The van der Waals surface area contributed by atoms with E-state index in [1.807, 2.05) is 0 Å². The molecule has 14 atom stereocenters. The minimum Gasteiger partial charge on any atom is -0.508 e. The van der Waals surface area contributed by atoms with Gasteiger partial charge in [-0.25, -0.2) is 0 Å². The Hall–Kier alpha value is -3.87. The third-order valence-corrected chi connectivity index (χ3v) is 9.22. The first kappa shape index (κ1) is 38.8. The molecule has 0 unspecified atom stereocenters. The molecule has 0 aliphatic carbocycles. The molecular formula is C33H40O20. The summed E-state index contributed by atoms with van der Waals surface area (Å²) in [7, 11) is 1.26. The molecule has 20 heteroatoms. The molecule has 292 valence electrons. The summed E-state index contributed by atoms with van der Waals surface area (Å²) < 4.78 is 45.2. The number of fused-ring (bicyclic) bond motifs is 1. The summed E-state index contributed by atoms with van der Waals surface area (Å²) >= 11 is 0. The lowest BCUT2D eigenvalue weighted by atomic mass is 9.98. The van der Waals surface area contributed by atoms with Crippen molar-refractivity contribution in [2.75, 3.05) is 20.3 Å². The van der Waals surface area contributed by atoms with Gasteiger partial charge in [-0.05, 0) is 25.1 Å². The number of aliphatic hydroxyl groups is 8. The van der Waals surface area contributed by atoms with Crippen molar-refractivity contribution < 1.29 is 93.7 Å². The van der Waals surface area contributed by atoms with Crippen LogP contribution in [0.2, 0.25) is 0 Å². The van der Waals surface area contributed by atoms with E-state index in [4.69, 9.17) is 37.6 Å². The van der Waals surface area contributed by atoms with Gasteiger partial charge in [-0.1, -0.05) is 0 Å². The van der Waals surface area contributed by atoms with E-state index < -0.39 is 127 Å². The van der Waals surface area contributed by atoms with Crippen molar-refractivity contribution >= 4 is 11.0 Å². The number of rotatable bonds is 9. The van der Waals surface area contributed by atoms with Crippen LogP contribution in [0.4, 0.5) is 0 Å². The Balaban J connectivity index is 1.40. The second kappa shape index (κ2) is 15.5.